The number of nitrogens with two attached hydrogens (primary N) is 1. The van der Waals surface area contributed by atoms with Crippen molar-refractivity contribution < 1.29 is 13.9 Å². The molecule has 132 valence electrons. The number of aliphatic imine (C=N–C) groups is 1. The van der Waals surface area contributed by atoms with Crippen molar-refractivity contribution in [3.8, 4) is 0 Å². The number of halogens is 2. The van der Waals surface area contributed by atoms with E-state index >= 15 is 0 Å². The molecule has 0 saturated heterocycles. The molecule has 0 aliphatic carbocycles. The molecule has 0 aliphatic rings. The van der Waals surface area contributed by atoms with Crippen molar-refractivity contribution in [3.63, 3.8) is 0 Å². The number of benzene rings is 1. The predicted molar refractivity (Wildman–Crippen MR) is 97.4 cm³/mol. The largest absolute Gasteiger partial charge is 0.463 e. The number of aromatic nitrogens is 1. The van der Waals surface area contributed by atoms with Gasteiger partial charge in [-0.25, -0.2) is 14.2 Å². The van der Waals surface area contributed by atoms with Crippen LogP contribution in [0.15, 0.2) is 46.5 Å². The van der Waals surface area contributed by atoms with Crippen LogP contribution in [0.1, 0.15) is 30.5 Å². The molecule has 1 atom stereocenters. The highest BCUT2D eigenvalue weighted by atomic mass is 35.5. The Hall–Kier alpha value is -2.25. The second-order valence-electron chi connectivity index (χ2n) is 4.96. The first-order valence-electron chi connectivity index (χ1n) is 7.46. The Morgan fingerprint density at radius 1 is 1.56 bits per heavy atom. The molecule has 0 bridgehead atoms. The van der Waals surface area contributed by atoms with E-state index in [9.17, 15) is 9.18 Å². The lowest BCUT2D eigenvalue weighted by molar-refractivity contribution is -0.138. The topological polar surface area (TPSA) is 77.6 Å². The fourth-order valence-corrected chi connectivity index (χ4v) is 3.03. The van der Waals surface area contributed by atoms with Gasteiger partial charge in [0.05, 0.1) is 17.9 Å². The van der Waals surface area contributed by atoms with E-state index in [0.717, 1.165) is 12.3 Å². The maximum atomic E-state index is 13.4. The Morgan fingerprint density at radius 2 is 2.32 bits per heavy atom. The molecule has 0 radical (unpaired) electrons. The fraction of sp³-hybridized carbons (Fsp3) is 0.235. The molecule has 0 aliphatic heterocycles. The van der Waals surface area contributed by atoms with E-state index in [-0.39, 0.29) is 17.2 Å². The molecule has 25 heavy (non-hydrogen) atoms. The van der Waals surface area contributed by atoms with Crippen LogP contribution in [0.4, 0.5) is 4.39 Å². The third kappa shape index (κ3) is 4.64. The molecule has 2 rings (SSSR count). The third-order valence-corrected chi connectivity index (χ3v) is 4.52. The highest BCUT2D eigenvalue weighted by molar-refractivity contribution is 7.11. The number of ether oxygens (including phenoxy) is 1. The lowest BCUT2D eigenvalue weighted by Crippen LogP contribution is -2.17. The SMILES string of the molecule is CCOC(=O)/C(=C/N)C(N=C(C)c1nccs1)c1ccc(F)cc1Cl. The lowest BCUT2D eigenvalue weighted by Gasteiger charge is -2.18. The molecule has 1 heterocycles. The standard InChI is InChI=1S/C17H17ClFN3O2S/c1-3-24-17(23)13(9-20)15(12-5-4-11(19)8-14(12)18)22-10(2)16-21-6-7-25-16/h4-9,15H,3,20H2,1-2H3/b13-9+,22-10?. The molecule has 2 aromatic rings. The van der Waals surface area contributed by atoms with Crippen molar-refractivity contribution in [2.24, 2.45) is 10.7 Å². The highest BCUT2D eigenvalue weighted by Crippen LogP contribution is 2.33. The van der Waals surface area contributed by atoms with E-state index in [1.165, 1.54) is 23.5 Å². The number of rotatable bonds is 6. The zero-order valence-corrected chi connectivity index (χ0v) is 15.3. The summed E-state index contributed by atoms with van der Waals surface area (Å²) < 4.78 is 18.4. The maximum absolute atomic E-state index is 13.4. The average molecular weight is 382 g/mol. The van der Waals surface area contributed by atoms with Crippen LogP contribution in [0.2, 0.25) is 5.02 Å². The number of carbonyl (C=O) groups is 1. The van der Waals surface area contributed by atoms with Crippen LogP contribution < -0.4 is 5.73 Å². The van der Waals surface area contributed by atoms with Gasteiger partial charge < -0.3 is 10.5 Å². The normalized spacial score (nSPS) is 13.6. The Balaban J connectivity index is 2.54. The Labute approximate surface area is 154 Å². The van der Waals surface area contributed by atoms with Gasteiger partial charge in [-0.05, 0) is 26.0 Å². The van der Waals surface area contributed by atoms with Gasteiger partial charge in [-0.15, -0.1) is 11.3 Å². The van der Waals surface area contributed by atoms with Crippen molar-refractivity contribution in [2.45, 2.75) is 19.9 Å². The van der Waals surface area contributed by atoms with Crippen molar-refractivity contribution in [3.05, 3.63) is 63.0 Å². The van der Waals surface area contributed by atoms with Crippen LogP contribution >= 0.6 is 22.9 Å². The summed E-state index contributed by atoms with van der Waals surface area (Å²) in [5.41, 5.74) is 6.82. The van der Waals surface area contributed by atoms with Crippen molar-refractivity contribution in [2.75, 3.05) is 6.61 Å². The van der Waals surface area contributed by atoms with E-state index in [2.05, 4.69) is 9.98 Å². The monoisotopic (exact) mass is 381 g/mol. The van der Waals surface area contributed by atoms with Gasteiger partial charge in [0.1, 0.15) is 16.9 Å². The van der Waals surface area contributed by atoms with Gasteiger partial charge >= 0.3 is 5.97 Å². The summed E-state index contributed by atoms with van der Waals surface area (Å²) in [7, 11) is 0. The molecular formula is C17H17ClFN3O2S. The smallest absolute Gasteiger partial charge is 0.338 e. The quantitative estimate of drug-likeness (QED) is 0.467. The first-order valence-corrected chi connectivity index (χ1v) is 8.71. The zero-order chi connectivity index (χ0) is 18.4. The van der Waals surface area contributed by atoms with Gasteiger partial charge in [0, 0.05) is 28.4 Å². The second kappa shape index (κ2) is 8.73. The Kier molecular flexibility index (Phi) is 6.66. The second-order valence-corrected chi connectivity index (χ2v) is 6.26. The van der Waals surface area contributed by atoms with Gasteiger partial charge in [-0.1, -0.05) is 17.7 Å². The molecule has 0 amide bonds. The van der Waals surface area contributed by atoms with Gasteiger partial charge in [0.15, 0.2) is 0 Å². The van der Waals surface area contributed by atoms with Gasteiger partial charge in [-0.2, -0.15) is 0 Å². The number of nitrogens with zero attached hydrogens (tertiary/aromatic N) is 2. The molecule has 1 aromatic heterocycles. The summed E-state index contributed by atoms with van der Waals surface area (Å²) in [6, 6.07) is 3.06. The van der Waals surface area contributed by atoms with Crippen LogP contribution in [0.3, 0.4) is 0 Å². The molecule has 0 saturated carbocycles. The van der Waals surface area contributed by atoms with Crippen LogP contribution in [0, 0.1) is 5.82 Å². The first kappa shape index (κ1) is 19.1. The summed E-state index contributed by atoms with van der Waals surface area (Å²) >= 11 is 7.58. The summed E-state index contributed by atoms with van der Waals surface area (Å²) in [5, 5.41) is 2.66. The zero-order valence-electron chi connectivity index (χ0n) is 13.7. The molecule has 2 N–H and O–H groups in total. The fourth-order valence-electron chi connectivity index (χ4n) is 2.17. The Bertz CT molecular complexity index is 806. The van der Waals surface area contributed by atoms with E-state index in [4.69, 9.17) is 22.1 Å². The highest BCUT2D eigenvalue weighted by Gasteiger charge is 2.26. The van der Waals surface area contributed by atoms with Gasteiger partial charge in [0.2, 0.25) is 0 Å². The minimum absolute atomic E-state index is 0.117. The number of hydrogen-bond donors (Lipinski definition) is 1. The summed E-state index contributed by atoms with van der Waals surface area (Å²) in [5.74, 6) is -1.09. The number of esters is 1. The van der Waals surface area contributed by atoms with Gasteiger partial charge in [0.25, 0.3) is 0 Å². The molecule has 1 aromatic carbocycles. The third-order valence-electron chi connectivity index (χ3n) is 3.31. The first-order chi connectivity index (χ1) is 12.0. The molecule has 8 heteroatoms. The average Bonchev–Trinajstić information content (AvgIpc) is 3.09. The van der Waals surface area contributed by atoms with E-state index in [0.29, 0.717) is 16.3 Å². The molecule has 1 unspecified atom stereocenters. The van der Waals surface area contributed by atoms with Gasteiger partial charge in [-0.3, -0.25) is 4.99 Å². The maximum Gasteiger partial charge on any atom is 0.338 e. The molecule has 0 spiro atoms. The van der Waals surface area contributed by atoms with E-state index in [1.54, 1.807) is 20.0 Å². The van der Waals surface area contributed by atoms with Crippen LogP contribution in [-0.2, 0) is 9.53 Å². The molecule has 5 nitrogen and oxygen atoms in total. The van der Waals surface area contributed by atoms with Crippen LogP contribution in [0.25, 0.3) is 0 Å². The Morgan fingerprint density at radius 3 is 2.88 bits per heavy atom. The molecule has 0 fully saturated rings. The minimum Gasteiger partial charge on any atom is -0.463 e. The van der Waals surface area contributed by atoms with E-state index in [1.807, 2.05) is 5.38 Å². The number of thiazole rings is 1. The van der Waals surface area contributed by atoms with Crippen molar-refractivity contribution in [1.29, 1.82) is 0 Å². The van der Waals surface area contributed by atoms with Crippen molar-refractivity contribution >= 4 is 34.6 Å². The molecular weight excluding hydrogens is 365 g/mol. The van der Waals surface area contributed by atoms with Crippen LogP contribution in [0.5, 0.6) is 0 Å². The van der Waals surface area contributed by atoms with Crippen molar-refractivity contribution in [1.82, 2.24) is 4.98 Å². The minimum atomic E-state index is -0.832. The van der Waals surface area contributed by atoms with Crippen LogP contribution in [-0.4, -0.2) is 23.3 Å². The van der Waals surface area contributed by atoms with E-state index < -0.39 is 17.8 Å². The summed E-state index contributed by atoms with van der Waals surface area (Å²) in [6.45, 7) is 3.65. The summed E-state index contributed by atoms with van der Waals surface area (Å²) in [4.78, 5) is 21.0. The predicted octanol–water partition coefficient (Wildman–Crippen LogP) is 3.89. The lowest BCUT2D eigenvalue weighted by atomic mass is 9.99. The number of hydrogen-bond acceptors (Lipinski definition) is 6. The summed E-state index contributed by atoms with van der Waals surface area (Å²) in [6.07, 6.45) is 2.80. The number of carbonyl (C=O) groups excluding carboxylic acids is 1.